The number of ether oxygens (including phenoxy) is 1. The van der Waals surface area contributed by atoms with Crippen molar-refractivity contribution in [2.75, 3.05) is 13.2 Å². The summed E-state index contributed by atoms with van der Waals surface area (Å²) in [5.41, 5.74) is 1.27. The van der Waals surface area contributed by atoms with E-state index in [1.807, 2.05) is 6.20 Å². The number of hydrogen-bond acceptors (Lipinski definition) is 6. The van der Waals surface area contributed by atoms with Crippen molar-refractivity contribution in [2.45, 2.75) is 44.1 Å². The second-order valence-corrected chi connectivity index (χ2v) is 6.58. The number of halogens is 3. The van der Waals surface area contributed by atoms with Crippen molar-refractivity contribution in [3.63, 3.8) is 0 Å². The first-order valence-corrected chi connectivity index (χ1v) is 8.81. The topological polar surface area (TPSA) is 93.4 Å². The predicted octanol–water partition coefficient (Wildman–Crippen LogP) is 2.29. The lowest BCUT2D eigenvalue weighted by molar-refractivity contribution is -0.192. The van der Waals surface area contributed by atoms with Gasteiger partial charge < -0.3 is 9.84 Å². The van der Waals surface area contributed by atoms with Gasteiger partial charge in [-0.05, 0) is 25.0 Å². The van der Waals surface area contributed by atoms with Crippen LogP contribution in [0.4, 0.5) is 13.2 Å². The van der Waals surface area contributed by atoms with Gasteiger partial charge >= 0.3 is 18.2 Å². The molecule has 0 bridgehead atoms. The molecule has 0 aromatic carbocycles. The fourth-order valence-electron chi connectivity index (χ4n) is 3.10. The molecule has 11 heteroatoms. The first kappa shape index (κ1) is 20.1. The van der Waals surface area contributed by atoms with Crippen LogP contribution in [0.15, 0.2) is 30.7 Å². The Hall–Kier alpha value is -2.69. The molecule has 2 aromatic heterocycles. The minimum atomic E-state index is -5.08. The van der Waals surface area contributed by atoms with Crippen molar-refractivity contribution in [1.82, 2.24) is 24.6 Å². The number of carbonyl (C=O) groups is 1. The normalized spacial score (nSPS) is 19.8. The van der Waals surface area contributed by atoms with E-state index in [0.29, 0.717) is 12.6 Å². The van der Waals surface area contributed by atoms with Crippen LogP contribution in [0.2, 0.25) is 0 Å². The maximum atomic E-state index is 10.6. The molecule has 0 amide bonds. The molecule has 1 aliphatic heterocycles. The van der Waals surface area contributed by atoms with E-state index in [1.54, 1.807) is 18.5 Å². The summed E-state index contributed by atoms with van der Waals surface area (Å²) in [7, 11) is 0. The lowest BCUT2D eigenvalue weighted by Crippen LogP contribution is -2.47. The zero-order valence-electron chi connectivity index (χ0n) is 14.9. The number of nitrogens with zero attached hydrogens (tertiary/aromatic N) is 5. The molecule has 1 saturated carbocycles. The fourth-order valence-corrected chi connectivity index (χ4v) is 3.10. The molecule has 152 valence electrons. The molecular formula is C17H20F3N5O3. The number of carboxylic acid groups (broad SMARTS) is 1. The highest BCUT2D eigenvalue weighted by Crippen LogP contribution is 2.30. The average Bonchev–Trinajstić information content (AvgIpc) is 3.07. The zero-order chi connectivity index (χ0) is 20.1. The van der Waals surface area contributed by atoms with Gasteiger partial charge in [0.25, 0.3) is 0 Å². The van der Waals surface area contributed by atoms with Gasteiger partial charge in [-0.15, -0.1) is 0 Å². The van der Waals surface area contributed by atoms with Crippen LogP contribution < -0.4 is 4.74 Å². The second kappa shape index (κ2) is 8.55. The highest BCUT2D eigenvalue weighted by Gasteiger charge is 2.38. The van der Waals surface area contributed by atoms with Crippen LogP contribution in [0.3, 0.4) is 0 Å². The molecule has 28 heavy (non-hydrogen) atoms. The third-order valence-corrected chi connectivity index (χ3v) is 4.69. The number of aromatic nitrogens is 4. The lowest BCUT2D eigenvalue weighted by atomic mass is 9.90. The van der Waals surface area contributed by atoms with Crippen molar-refractivity contribution >= 4 is 5.97 Å². The average molecular weight is 399 g/mol. The summed E-state index contributed by atoms with van der Waals surface area (Å²) in [6.07, 6.45) is 4.20. The molecule has 4 rings (SSSR count). The molecule has 0 spiro atoms. The van der Waals surface area contributed by atoms with Crippen molar-refractivity contribution < 1.29 is 27.8 Å². The Labute approximate surface area is 159 Å². The van der Waals surface area contributed by atoms with Gasteiger partial charge in [0.1, 0.15) is 6.61 Å². The van der Waals surface area contributed by atoms with E-state index in [0.717, 1.165) is 19.1 Å². The third-order valence-electron chi connectivity index (χ3n) is 4.69. The predicted molar refractivity (Wildman–Crippen MR) is 90.5 cm³/mol. The van der Waals surface area contributed by atoms with E-state index >= 15 is 0 Å². The standard InChI is InChI=1S/C15H19N5O.C2HF3O2/c1-3-12(4-1)19-9-13-5-8-18-20(13)14(10-19)11-21-15-16-6-2-7-17-15;3-2(4,5)1(6)7/h2,5-8,12,14H,1,3-4,9-11H2;(H,6,7). The van der Waals surface area contributed by atoms with Gasteiger partial charge in [-0.3, -0.25) is 9.58 Å². The van der Waals surface area contributed by atoms with Gasteiger partial charge in [-0.1, -0.05) is 6.42 Å². The maximum absolute atomic E-state index is 10.6. The molecule has 8 nitrogen and oxygen atoms in total. The number of carboxylic acids is 1. The van der Waals surface area contributed by atoms with Gasteiger partial charge in [0.2, 0.25) is 0 Å². The molecule has 0 radical (unpaired) electrons. The minimum absolute atomic E-state index is 0.230. The van der Waals surface area contributed by atoms with Gasteiger partial charge in [-0.25, -0.2) is 14.8 Å². The lowest BCUT2D eigenvalue weighted by Gasteiger charge is -2.42. The Bertz CT molecular complexity index is 780. The Morgan fingerprint density at radius 3 is 2.50 bits per heavy atom. The summed E-state index contributed by atoms with van der Waals surface area (Å²) in [4.78, 5) is 19.7. The summed E-state index contributed by atoms with van der Waals surface area (Å²) in [5.74, 6) is -2.76. The van der Waals surface area contributed by atoms with Gasteiger partial charge in [0, 0.05) is 37.7 Å². The van der Waals surface area contributed by atoms with Gasteiger partial charge in [0.05, 0.1) is 11.7 Å². The molecule has 2 aromatic rings. The monoisotopic (exact) mass is 399 g/mol. The van der Waals surface area contributed by atoms with E-state index in [1.165, 1.54) is 25.0 Å². The van der Waals surface area contributed by atoms with Crippen LogP contribution in [-0.2, 0) is 11.3 Å². The van der Waals surface area contributed by atoms with E-state index in [2.05, 4.69) is 30.7 Å². The largest absolute Gasteiger partial charge is 0.490 e. The quantitative estimate of drug-likeness (QED) is 0.843. The molecular weight excluding hydrogens is 379 g/mol. The van der Waals surface area contributed by atoms with E-state index in [-0.39, 0.29) is 6.04 Å². The molecule has 2 aliphatic rings. The molecule has 1 aliphatic carbocycles. The number of aliphatic carboxylic acids is 1. The van der Waals surface area contributed by atoms with Crippen LogP contribution in [0.25, 0.3) is 0 Å². The summed E-state index contributed by atoms with van der Waals surface area (Å²) >= 11 is 0. The van der Waals surface area contributed by atoms with Crippen LogP contribution in [0.5, 0.6) is 6.01 Å². The van der Waals surface area contributed by atoms with Crippen molar-refractivity contribution in [3.05, 3.63) is 36.4 Å². The van der Waals surface area contributed by atoms with Crippen molar-refractivity contribution in [2.24, 2.45) is 0 Å². The Morgan fingerprint density at radius 2 is 1.93 bits per heavy atom. The molecule has 1 unspecified atom stereocenters. The highest BCUT2D eigenvalue weighted by molar-refractivity contribution is 5.73. The zero-order valence-corrected chi connectivity index (χ0v) is 14.9. The molecule has 1 atom stereocenters. The Kier molecular flexibility index (Phi) is 6.12. The summed E-state index contributed by atoms with van der Waals surface area (Å²) in [6.45, 7) is 2.55. The smallest absolute Gasteiger partial charge is 0.475 e. The van der Waals surface area contributed by atoms with Crippen LogP contribution in [-0.4, -0.2) is 61.1 Å². The minimum Gasteiger partial charge on any atom is -0.475 e. The van der Waals surface area contributed by atoms with E-state index in [9.17, 15) is 13.2 Å². The number of alkyl halides is 3. The number of fused-ring (bicyclic) bond motifs is 1. The third kappa shape index (κ3) is 4.97. The van der Waals surface area contributed by atoms with Crippen molar-refractivity contribution in [3.8, 4) is 6.01 Å². The molecule has 0 saturated heterocycles. The number of hydrogen-bond donors (Lipinski definition) is 1. The second-order valence-electron chi connectivity index (χ2n) is 6.58. The van der Waals surface area contributed by atoms with Crippen LogP contribution >= 0.6 is 0 Å². The highest BCUT2D eigenvalue weighted by atomic mass is 19.4. The summed E-state index contributed by atoms with van der Waals surface area (Å²) < 4.78 is 39.6. The molecule has 1 fully saturated rings. The fraction of sp³-hybridized carbons (Fsp3) is 0.529. The van der Waals surface area contributed by atoms with Crippen molar-refractivity contribution in [1.29, 1.82) is 0 Å². The van der Waals surface area contributed by atoms with Crippen LogP contribution in [0, 0.1) is 0 Å². The molecule has 1 N–H and O–H groups in total. The van der Waals surface area contributed by atoms with Gasteiger partial charge in [0.15, 0.2) is 0 Å². The number of rotatable bonds is 4. The Balaban J connectivity index is 0.000000279. The molecule has 3 heterocycles. The SMILES string of the molecule is O=C(O)C(F)(F)F.c1cnc(OCC2CN(C3CCC3)Cc3ccnn32)nc1. The van der Waals surface area contributed by atoms with E-state index < -0.39 is 12.1 Å². The Morgan fingerprint density at radius 1 is 1.25 bits per heavy atom. The summed E-state index contributed by atoms with van der Waals surface area (Å²) in [6, 6.07) is 5.30. The summed E-state index contributed by atoms with van der Waals surface area (Å²) in [5, 5.41) is 11.6. The first-order chi connectivity index (χ1) is 13.3. The van der Waals surface area contributed by atoms with Gasteiger partial charge in [-0.2, -0.15) is 18.3 Å². The van der Waals surface area contributed by atoms with Crippen LogP contribution in [0.1, 0.15) is 31.0 Å². The first-order valence-electron chi connectivity index (χ1n) is 8.81. The van der Waals surface area contributed by atoms with E-state index in [4.69, 9.17) is 14.6 Å². The maximum Gasteiger partial charge on any atom is 0.490 e.